The Balaban J connectivity index is 1.69. The topological polar surface area (TPSA) is 52.6 Å². The standard InChI is InChI=1S/C14H26N2O2/c1-16-8-6-12(10-16)14(18)15-13-4-2-11(3-5-13)7-9-17/h11-13,17H,2-10H2,1H3,(H,15,18). The Morgan fingerprint density at radius 3 is 2.56 bits per heavy atom. The number of hydrogen-bond acceptors (Lipinski definition) is 3. The first-order valence-electron chi connectivity index (χ1n) is 7.29. The number of nitrogens with zero attached hydrogens (tertiary/aromatic N) is 1. The lowest BCUT2D eigenvalue weighted by atomic mass is 9.84. The molecule has 1 saturated carbocycles. The third-order valence-corrected chi connectivity index (χ3v) is 4.49. The van der Waals surface area contributed by atoms with Gasteiger partial charge in [-0.3, -0.25) is 4.79 Å². The van der Waals surface area contributed by atoms with Gasteiger partial charge in [0.2, 0.25) is 5.91 Å². The van der Waals surface area contributed by atoms with Gasteiger partial charge in [-0.05, 0) is 58.0 Å². The lowest BCUT2D eigenvalue weighted by Gasteiger charge is -2.29. The second kappa shape index (κ2) is 6.53. The van der Waals surface area contributed by atoms with E-state index in [1.807, 2.05) is 0 Å². The SMILES string of the molecule is CN1CCC(C(=O)NC2CCC(CCO)CC2)C1. The largest absolute Gasteiger partial charge is 0.396 e. The molecule has 2 fully saturated rings. The van der Waals surface area contributed by atoms with Crippen LogP contribution in [-0.4, -0.2) is 48.7 Å². The first-order chi connectivity index (χ1) is 8.69. The van der Waals surface area contributed by atoms with Crippen molar-refractivity contribution in [2.75, 3.05) is 26.7 Å². The van der Waals surface area contributed by atoms with Crippen LogP contribution in [0.2, 0.25) is 0 Å². The normalized spacial score (nSPS) is 33.6. The Kier molecular flexibility index (Phi) is 5.01. The number of likely N-dealkylation sites (tertiary alicyclic amines) is 1. The number of hydrogen-bond donors (Lipinski definition) is 2. The quantitative estimate of drug-likeness (QED) is 0.787. The summed E-state index contributed by atoms with van der Waals surface area (Å²) in [6.07, 6.45) is 6.39. The summed E-state index contributed by atoms with van der Waals surface area (Å²) in [4.78, 5) is 14.3. The Morgan fingerprint density at radius 1 is 1.28 bits per heavy atom. The number of nitrogens with one attached hydrogen (secondary N) is 1. The molecule has 2 rings (SSSR count). The van der Waals surface area contributed by atoms with E-state index in [0.717, 1.165) is 51.6 Å². The van der Waals surface area contributed by atoms with E-state index < -0.39 is 0 Å². The van der Waals surface area contributed by atoms with E-state index >= 15 is 0 Å². The summed E-state index contributed by atoms with van der Waals surface area (Å²) < 4.78 is 0. The highest BCUT2D eigenvalue weighted by Gasteiger charge is 2.29. The van der Waals surface area contributed by atoms with Crippen LogP contribution in [0.15, 0.2) is 0 Å². The minimum Gasteiger partial charge on any atom is -0.396 e. The van der Waals surface area contributed by atoms with Crippen LogP contribution in [0.3, 0.4) is 0 Å². The van der Waals surface area contributed by atoms with Gasteiger partial charge < -0.3 is 15.3 Å². The molecule has 0 aromatic heterocycles. The monoisotopic (exact) mass is 254 g/mol. The highest BCUT2D eigenvalue weighted by Crippen LogP contribution is 2.27. The zero-order valence-corrected chi connectivity index (χ0v) is 11.4. The molecule has 104 valence electrons. The lowest BCUT2D eigenvalue weighted by Crippen LogP contribution is -2.41. The highest BCUT2D eigenvalue weighted by atomic mass is 16.3. The lowest BCUT2D eigenvalue weighted by molar-refractivity contribution is -0.125. The highest BCUT2D eigenvalue weighted by molar-refractivity contribution is 5.79. The van der Waals surface area contributed by atoms with Crippen LogP contribution >= 0.6 is 0 Å². The molecule has 2 N–H and O–H groups in total. The molecule has 0 aromatic rings. The van der Waals surface area contributed by atoms with Crippen molar-refractivity contribution in [2.24, 2.45) is 11.8 Å². The van der Waals surface area contributed by atoms with Gasteiger partial charge in [-0.15, -0.1) is 0 Å². The van der Waals surface area contributed by atoms with Gasteiger partial charge in [0.05, 0.1) is 5.92 Å². The predicted molar refractivity (Wildman–Crippen MR) is 71.2 cm³/mol. The average Bonchev–Trinajstić information content (AvgIpc) is 2.79. The van der Waals surface area contributed by atoms with E-state index in [0.29, 0.717) is 18.6 Å². The molecular formula is C14H26N2O2. The summed E-state index contributed by atoms with van der Waals surface area (Å²) in [5.74, 6) is 1.12. The van der Waals surface area contributed by atoms with Gasteiger partial charge in [-0.2, -0.15) is 0 Å². The summed E-state index contributed by atoms with van der Waals surface area (Å²) >= 11 is 0. The summed E-state index contributed by atoms with van der Waals surface area (Å²) in [6, 6.07) is 0.373. The van der Waals surface area contributed by atoms with Crippen LogP contribution < -0.4 is 5.32 Å². The predicted octanol–water partition coefficient (Wildman–Crippen LogP) is 0.995. The molecule has 1 aliphatic carbocycles. The van der Waals surface area contributed by atoms with Crippen molar-refractivity contribution in [1.82, 2.24) is 10.2 Å². The van der Waals surface area contributed by atoms with Crippen molar-refractivity contribution in [1.29, 1.82) is 0 Å². The molecule has 2 aliphatic rings. The van der Waals surface area contributed by atoms with Gasteiger partial charge in [-0.25, -0.2) is 0 Å². The number of aliphatic hydroxyl groups excluding tert-OH is 1. The number of amides is 1. The minimum atomic E-state index is 0.199. The number of carbonyl (C=O) groups is 1. The second-order valence-electron chi connectivity index (χ2n) is 5.99. The van der Waals surface area contributed by atoms with Crippen molar-refractivity contribution < 1.29 is 9.90 Å². The van der Waals surface area contributed by atoms with E-state index in [1.54, 1.807) is 0 Å². The van der Waals surface area contributed by atoms with Gasteiger partial charge in [-0.1, -0.05) is 0 Å². The molecule has 4 nitrogen and oxygen atoms in total. The Hall–Kier alpha value is -0.610. The van der Waals surface area contributed by atoms with Crippen LogP contribution in [0.4, 0.5) is 0 Å². The van der Waals surface area contributed by atoms with Gasteiger partial charge >= 0.3 is 0 Å². The zero-order valence-electron chi connectivity index (χ0n) is 11.4. The molecule has 4 heteroatoms. The van der Waals surface area contributed by atoms with E-state index in [2.05, 4.69) is 17.3 Å². The molecule has 1 aliphatic heterocycles. The minimum absolute atomic E-state index is 0.199. The molecule has 0 aromatic carbocycles. The van der Waals surface area contributed by atoms with E-state index in [1.165, 1.54) is 0 Å². The van der Waals surface area contributed by atoms with Crippen molar-refractivity contribution >= 4 is 5.91 Å². The van der Waals surface area contributed by atoms with Gasteiger partial charge in [0.15, 0.2) is 0 Å². The summed E-state index contributed by atoms with van der Waals surface area (Å²) in [7, 11) is 2.08. The third kappa shape index (κ3) is 3.69. The molecule has 0 radical (unpaired) electrons. The molecule has 0 bridgehead atoms. The molecule has 1 amide bonds. The van der Waals surface area contributed by atoms with Crippen LogP contribution in [0.25, 0.3) is 0 Å². The molecule has 1 saturated heterocycles. The van der Waals surface area contributed by atoms with Gasteiger partial charge in [0.25, 0.3) is 0 Å². The fraction of sp³-hybridized carbons (Fsp3) is 0.929. The van der Waals surface area contributed by atoms with E-state index in [4.69, 9.17) is 5.11 Å². The van der Waals surface area contributed by atoms with Crippen LogP contribution in [0, 0.1) is 11.8 Å². The fourth-order valence-corrected chi connectivity index (χ4v) is 3.25. The smallest absolute Gasteiger partial charge is 0.224 e. The Labute approximate surface area is 110 Å². The van der Waals surface area contributed by atoms with E-state index in [-0.39, 0.29) is 11.8 Å². The maximum absolute atomic E-state index is 12.1. The van der Waals surface area contributed by atoms with Crippen LogP contribution in [0.1, 0.15) is 38.5 Å². The van der Waals surface area contributed by atoms with Crippen molar-refractivity contribution in [3.63, 3.8) is 0 Å². The molecular weight excluding hydrogens is 228 g/mol. The van der Waals surface area contributed by atoms with Gasteiger partial charge in [0.1, 0.15) is 0 Å². The third-order valence-electron chi connectivity index (χ3n) is 4.49. The van der Waals surface area contributed by atoms with Crippen LogP contribution in [-0.2, 0) is 4.79 Å². The first kappa shape index (κ1) is 13.8. The Bertz CT molecular complexity index is 275. The average molecular weight is 254 g/mol. The molecule has 1 unspecified atom stereocenters. The maximum atomic E-state index is 12.1. The molecule has 1 heterocycles. The van der Waals surface area contributed by atoms with Crippen molar-refractivity contribution in [3.05, 3.63) is 0 Å². The fourth-order valence-electron chi connectivity index (χ4n) is 3.25. The molecule has 1 atom stereocenters. The van der Waals surface area contributed by atoms with Gasteiger partial charge in [0, 0.05) is 19.2 Å². The number of carbonyl (C=O) groups excluding carboxylic acids is 1. The first-order valence-corrected chi connectivity index (χ1v) is 7.29. The zero-order chi connectivity index (χ0) is 13.0. The summed E-state index contributed by atoms with van der Waals surface area (Å²) in [5, 5.41) is 12.1. The summed E-state index contributed by atoms with van der Waals surface area (Å²) in [6.45, 7) is 2.25. The number of rotatable bonds is 4. The number of aliphatic hydroxyl groups is 1. The molecule has 18 heavy (non-hydrogen) atoms. The second-order valence-corrected chi connectivity index (χ2v) is 5.99. The maximum Gasteiger partial charge on any atom is 0.224 e. The van der Waals surface area contributed by atoms with Crippen LogP contribution in [0.5, 0.6) is 0 Å². The Morgan fingerprint density at radius 2 is 2.00 bits per heavy atom. The van der Waals surface area contributed by atoms with Crippen molar-refractivity contribution in [3.8, 4) is 0 Å². The van der Waals surface area contributed by atoms with Crippen molar-refractivity contribution in [2.45, 2.75) is 44.6 Å². The van der Waals surface area contributed by atoms with E-state index in [9.17, 15) is 4.79 Å². The molecule has 0 spiro atoms. The summed E-state index contributed by atoms with van der Waals surface area (Å²) in [5.41, 5.74) is 0.